The van der Waals surface area contributed by atoms with Crippen molar-refractivity contribution in [3.05, 3.63) is 34.9 Å². The number of rotatable bonds is 3. The molecule has 1 aliphatic carbocycles. The van der Waals surface area contributed by atoms with E-state index in [4.69, 9.17) is 11.6 Å². The molecule has 2 rings (SSSR count). The summed E-state index contributed by atoms with van der Waals surface area (Å²) >= 11 is 5.94. The third-order valence-electron chi connectivity index (χ3n) is 5.43. The first-order valence-electron chi connectivity index (χ1n) is 7.69. The van der Waals surface area contributed by atoms with Crippen molar-refractivity contribution in [3.8, 4) is 0 Å². The molecule has 7 heteroatoms. The molecular formula is C17H21ClN2O4. The highest BCUT2D eigenvalue weighted by Crippen LogP contribution is 2.56. The van der Waals surface area contributed by atoms with Crippen LogP contribution in [0.1, 0.15) is 44.0 Å². The van der Waals surface area contributed by atoms with Gasteiger partial charge in [0.1, 0.15) is 0 Å². The van der Waals surface area contributed by atoms with Gasteiger partial charge in [-0.1, -0.05) is 37.6 Å². The van der Waals surface area contributed by atoms with Gasteiger partial charge in [0, 0.05) is 5.92 Å². The van der Waals surface area contributed by atoms with E-state index >= 15 is 0 Å². The van der Waals surface area contributed by atoms with E-state index in [-0.39, 0.29) is 10.6 Å². The Bertz CT molecular complexity index is 689. The number of aliphatic carboxylic acids is 1. The van der Waals surface area contributed by atoms with Gasteiger partial charge in [0.2, 0.25) is 5.91 Å². The molecule has 0 radical (unpaired) electrons. The first-order chi connectivity index (χ1) is 11.1. The summed E-state index contributed by atoms with van der Waals surface area (Å²) in [6.07, 6.45) is 0.857. The normalized spacial score (nSPS) is 25.1. The molecule has 0 spiro atoms. The number of carbonyl (C=O) groups excluding carboxylic acids is 2. The third-order valence-corrected chi connectivity index (χ3v) is 5.76. The van der Waals surface area contributed by atoms with E-state index in [1.54, 1.807) is 45.0 Å². The predicted molar refractivity (Wildman–Crippen MR) is 89.3 cm³/mol. The Hall–Kier alpha value is -2.08. The zero-order chi connectivity index (χ0) is 18.1. The molecule has 6 nitrogen and oxygen atoms in total. The summed E-state index contributed by atoms with van der Waals surface area (Å²) in [6.45, 7) is 5.20. The van der Waals surface area contributed by atoms with E-state index in [1.807, 2.05) is 0 Å². The summed E-state index contributed by atoms with van der Waals surface area (Å²) in [5, 5.41) is 9.77. The Balaban J connectivity index is 2.05. The van der Waals surface area contributed by atoms with E-state index in [2.05, 4.69) is 10.9 Å². The SMILES string of the molecule is CC1(C)[C@@H](C(=O)NNC(=O)c2ccccc2Cl)CC[C@@]1(C)C(=O)O. The fourth-order valence-electron chi connectivity index (χ4n) is 3.26. The van der Waals surface area contributed by atoms with Crippen molar-refractivity contribution in [2.45, 2.75) is 33.6 Å². The monoisotopic (exact) mass is 352 g/mol. The van der Waals surface area contributed by atoms with E-state index in [0.29, 0.717) is 12.8 Å². The average molecular weight is 353 g/mol. The van der Waals surface area contributed by atoms with Gasteiger partial charge in [0.15, 0.2) is 0 Å². The fourth-order valence-corrected chi connectivity index (χ4v) is 3.48. The molecule has 1 aromatic carbocycles. The number of hydrogen-bond acceptors (Lipinski definition) is 3. The minimum Gasteiger partial charge on any atom is -0.481 e. The minimum absolute atomic E-state index is 0.250. The number of nitrogens with one attached hydrogen (secondary N) is 2. The lowest BCUT2D eigenvalue weighted by Crippen LogP contribution is -2.49. The van der Waals surface area contributed by atoms with Gasteiger partial charge in [-0.05, 0) is 37.3 Å². The number of hydrazine groups is 1. The summed E-state index contributed by atoms with van der Waals surface area (Å²) in [5.41, 5.74) is 3.26. The van der Waals surface area contributed by atoms with Crippen molar-refractivity contribution in [3.63, 3.8) is 0 Å². The molecule has 0 bridgehead atoms. The van der Waals surface area contributed by atoms with Gasteiger partial charge in [-0.15, -0.1) is 0 Å². The van der Waals surface area contributed by atoms with Crippen LogP contribution < -0.4 is 10.9 Å². The van der Waals surface area contributed by atoms with Crippen molar-refractivity contribution < 1.29 is 19.5 Å². The van der Waals surface area contributed by atoms with Crippen LogP contribution in [-0.2, 0) is 9.59 Å². The molecule has 3 N–H and O–H groups in total. The van der Waals surface area contributed by atoms with E-state index in [0.717, 1.165) is 0 Å². The van der Waals surface area contributed by atoms with Gasteiger partial charge in [-0.25, -0.2) is 0 Å². The van der Waals surface area contributed by atoms with Crippen LogP contribution in [0.15, 0.2) is 24.3 Å². The maximum Gasteiger partial charge on any atom is 0.309 e. The molecule has 1 aliphatic rings. The van der Waals surface area contributed by atoms with E-state index in [9.17, 15) is 19.5 Å². The summed E-state index contributed by atoms with van der Waals surface area (Å²) in [7, 11) is 0. The first-order valence-corrected chi connectivity index (χ1v) is 8.07. The highest BCUT2D eigenvalue weighted by molar-refractivity contribution is 6.33. The van der Waals surface area contributed by atoms with Gasteiger partial charge in [-0.3, -0.25) is 25.2 Å². The second kappa shape index (κ2) is 6.43. The second-order valence-corrected chi connectivity index (χ2v) is 7.28. The quantitative estimate of drug-likeness (QED) is 0.729. The lowest BCUT2D eigenvalue weighted by molar-refractivity contribution is -0.155. The van der Waals surface area contributed by atoms with Crippen molar-refractivity contribution in [1.29, 1.82) is 0 Å². The molecule has 130 valence electrons. The maximum absolute atomic E-state index is 12.4. The lowest BCUT2D eigenvalue weighted by atomic mass is 9.65. The molecule has 1 saturated carbocycles. The summed E-state index contributed by atoms with van der Waals surface area (Å²) in [5.74, 6) is -2.34. The highest BCUT2D eigenvalue weighted by atomic mass is 35.5. The Labute approximate surface area is 145 Å². The van der Waals surface area contributed by atoms with Gasteiger partial charge in [-0.2, -0.15) is 0 Å². The van der Waals surface area contributed by atoms with Crippen LogP contribution in [0.25, 0.3) is 0 Å². The Morgan fingerprint density at radius 2 is 1.79 bits per heavy atom. The second-order valence-electron chi connectivity index (χ2n) is 6.87. The third kappa shape index (κ3) is 2.98. The summed E-state index contributed by atoms with van der Waals surface area (Å²) < 4.78 is 0. The summed E-state index contributed by atoms with van der Waals surface area (Å²) in [6, 6.07) is 6.49. The molecule has 24 heavy (non-hydrogen) atoms. The van der Waals surface area contributed by atoms with Gasteiger partial charge < -0.3 is 5.11 Å². The Morgan fingerprint density at radius 3 is 2.33 bits per heavy atom. The summed E-state index contributed by atoms with van der Waals surface area (Å²) in [4.78, 5) is 36.1. The molecule has 0 heterocycles. The molecule has 0 saturated heterocycles. The molecular weight excluding hydrogens is 332 g/mol. The molecule has 0 unspecified atom stereocenters. The molecule has 1 aromatic rings. The van der Waals surface area contributed by atoms with Gasteiger partial charge >= 0.3 is 5.97 Å². The van der Waals surface area contributed by atoms with Gasteiger partial charge in [0.05, 0.1) is 16.0 Å². The largest absolute Gasteiger partial charge is 0.481 e. The van der Waals surface area contributed by atoms with Crippen LogP contribution in [0, 0.1) is 16.7 Å². The van der Waals surface area contributed by atoms with Crippen molar-refractivity contribution in [2.24, 2.45) is 16.7 Å². The van der Waals surface area contributed by atoms with Crippen molar-refractivity contribution >= 4 is 29.4 Å². The van der Waals surface area contributed by atoms with Crippen molar-refractivity contribution in [1.82, 2.24) is 10.9 Å². The standard InChI is InChI=1S/C17H21ClN2O4/c1-16(2)11(8-9-17(16,3)15(23)24)14(22)20-19-13(21)10-6-4-5-7-12(10)18/h4-7,11H,8-9H2,1-3H3,(H,19,21)(H,20,22)(H,23,24)/t11-,17+/m1/s1. The first kappa shape index (κ1) is 18.3. The molecule has 1 fully saturated rings. The molecule has 2 amide bonds. The van der Waals surface area contributed by atoms with E-state index < -0.39 is 34.5 Å². The lowest BCUT2D eigenvalue weighted by Gasteiger charge is -2.37. The number of amides is 2. The maximum atomic E-state index is 12.4. The molecule has 2 atom stereocenters. The van der Waals surface area contributed by atoms with Crippen LogP contribution in [0.3, 0.4) is 0 Å². The van der Waals surface area contributed by atoms with Crippen LogP contribution in [0.4, 0.5) is 0 Å². The van der Waals surface area contributed by atoms with Crippen LogP contribution in [0.2, 0.25) is 5.02 Å². The molecule has 0 aliphatic heterocycles. The minimum atomic E-state index is -0.984. The van der Waals surface area contributed by atoms with Crippen LogP contribution >= 0.6 is 11.6 Å². The van der Waals surface area contributed by atoms with E-state index in [1.165, 1.54) is 0 Å². The number of carbonyl (C=O) groups is 3. The zero-order valence-electron chi connectivity index (χ0n) is 13.9. The fraction of sp³-hybridized carbons (Fsp3) is 0.471. The number of carboxylic acids is 1. The van der Waals surface area contributed by atoms with Crippen LogP contribution in [0.5, 0.6) is 0 Å². The zero-order valence-corrected chi connectivity index (χ0v) is 14.6. The predicted octanol–water partition coefficient (Wildman–Crippen LogP) is 2.63. The number of hydrogen-bond donors (Lipinski definition) is 3. The smallest absolute Gasteiger partial charge is 0.309 e. The highest BCUT2D eigenvalue weighted by Gasteiger charge is 2.58. The number of halogens is 1. The van der Waals surface area contributed by atoms with Crippen LogP contribution in [-0.4, -0.2) is 22.9 Å². The average Bonchev–Trinajstić information content (AvgIpc) is 2.76. The molecule has 0 aromatic heterocycles. The Kier molecular flexibility index (Phi) is 4.90. The Morgan fingerprint density at radius 1 is 1.17 bits per heavy atom. The topological polar surface area (TPSA) is 95.5 Å². The van der Waals surface area contributed by atoms with Gasteiger partial charge in [0.25, 0.3) is 5.91 Å². The van der Waals surface area contributed by atoms with Crippen molar-refractivity contribution in [2.75, 3.05) is 0 Å². The number of benzene rings is 1. The number of carboxylic acid groups (broad SMARTS) is 1.